The summed E-state index contributed by atoms with van der Waals surface area (Å²) in [6.07, 6.45) is 3.80. The highest BCUT2D eigenvalue weighted by Gasteiger charge is 2.08. The smallest absolute Gasteiger partial charge is 0.137 e. The molecule has 0 atom stereocenters. The maximum atomic E-state index is 5.83. The molecule has 1 aromatic carbocycles. The molecular formula is C15H15N3. The summed E-state index contributed by atoms with van der Waals surface area (Å²) < 4.78 is 2.09. The lowest BCUT2D eigenvalue weighted by Gasteiger charge is -2.11. The minimum atomic E-state index is 0.542. The average Bonchev–Trinajstić information content (AvgIpc) is 2.86. The highest BCUT2D eigenvalue weighted by Crippen LogP contribution is 2.25. The third kappa shape index (κ3) is 1.69. The molecule has 90 valence electrons. The van der Waals surface area contributed by atoms with Gasteiger partial charge in [-0.25, -0.2) is 4.98 Å². The molecule has 3 aromatic rings. The van der Waals surface area contributed by atoms with Gasteiger partial charge < -0.3 is 5.73 Å². The number of rotatable bonds is 2. The van der Waals surface area contributed by atoms with E-state index in [9.17, 15) is 0 Å². The van der Waals surface area contributed by atoms with Crippen molar-refractivity contribution in [3.8, 4) is 11.3 Å². The molecular weight excluding hydrogens is 222 g/mol. The summed E-state index contributed by atoms with van der Waals surface area (Å²) in [5.74, 6) is 0. The first-order valence-corrected chi connectivity index (χ1v) is 6.01. The summed E-state index contributed by atoms with van der Waals surface area (Å²) in [5, 5.41) is 0. The summed E-state index contributed by atoms with van der Waals surface area (Å²) in [7, 11) is 0. The number of nitrogens with two attached hydrogens (primary N) is 1. The van der Waals surface area contributed by atoms with Gasteiger partial charge in [0.2, 0.25) is 0 Å². The molecule has 0 radical (unpaired) electrons. The number of fused-ring (bicyclic) bond motifs is 1. The first-order valence-electron chi connectivity index (χ1n) is 6.01. The Balaban J connectivity index is 2.31. The molecule has 0 saturated carbocycles. The van der Waals surface area contributed by atoms with Gasteiger partial charge in [0.1, 0.15) is 5.65 Å². The molecule has 0 unspecified atom stereocenters. The molecule has 0 amide bonds. The van der Waals surface area contributed by atoms with Crippen LogP contribution >= 0.6 is 0 Å². The van der Waals surface area contributed by atoms with E-state index in [1.54, 1.807) is 0 Å². The quantitative estimate of drug-likeness (QED) is 0.744. The first kappa shape index (κ1) is 11.0. The maximum Gasteiger partial charge on any atom is 0.137 e. The van der Waals surface area contributed by atoms with Crippen LogP contribution in [0.4, 0.5) is 0 Å². The molecule has 0 aliphatic carbocycles. The second kappa shape index (κ2) is 4.27. The number of hydrogen-bond acceptors (Lipinski definition) is 2. The lowest BCUT2D eigenvalue weighted by Crippen LogP contribution is -2.01. The van der Waals surface area contributed by atoms with Crippen molar-refractivity contribution in [2.24, 2.45) is 5.73 Å². The first-order chi connectivity index (χ1) is 8.79. The zero-order chi connectivity index (χ0) is 12.5. The molecule has 3 nitrogen and oxygen atoms in total. The van der Waals surface area contributed by atoms with Crippen LogP contribution < -0.4 is 5.73 Å². The van der Waals surface area contributed by atoms with Crippen LogP contribution in [-0.2, 0) is 6.54 Å². The SMILES string of the molecule is Cc1ccc(CN)c(-c2cccc3nccn23)c1. The number of pyridine rings is 1. The number of aromatic nitrogens is 2. The summed E-state index contributed by atoms with van der Waals surface area (Å²) in [6, 6.07) is 12.5. The highest BCUT2D eigenvalue weighted by atomic mass is 15.0. The minimum absolute atomic E-state index is 0.542. The van der Waals surface area contributed by atoms with E-state index >= 15 is 0 Å². The van der Waals surface area contributed by atoms with Crippen LogP contribution in [-0.4, -0.2) is 9.38 Å². The molecule has 0 aliphatic heterocycles. The lowest BCUT2D eigenvalue weighted by molar-refractivity contribution is 1.06. The van der Waals surface area contributed by atoms with Crippen LogP contribution in [0.2, 0.25) is 0 Å². The third-order valence-corrected chi connectivity index (χ3v) is 3.19. The van der Waals surface area contributed by atoms with Crippen molar-refractivity contribution in [2.45, 2.75) is 13.5 Å². The van der Waals surface area contributed by atoms with E-state index in [1.165, 1.54) is 11.1 Å². The molecule has 0 bridgehead atoms. The molecule has 3 rings (SSSR count). The van der Waals surface area contributed by atoms with Crippen molar-refractivity contribution in [2.75, 3.05) is 0 Å². The minimum Gasteiger partial charge on any atom is -0.326 e. The van der Waals surface area contributed by atoms with Gasteiger partial charge in [-0.1, -0.05) is 23.8 Å². The van der Waals surface area contributed by atoms with Crippen LogP contribution in [0.1, 0.15) is 11.1 Å². The van der Waals surface area contributed by atoms with Crippen LogP contribution in [0.3, 0.4) is 0 Å². The molecule has 3 heteroatoms. The van der Waals surface area contributed by atoms with Crippen LogP contribution in [0, 0.1) is 6.92 Å². The standard InChI is InChI=1S/C15H15N3/c1-11-5-6-12(10-16)13(9-11)14-3-2-4-15-17-7-8-18(14)15/h2-9H,10,16H2,1H3. The fourth-order valence-electron chi connectivity index (χ4n) is 2.27. The van der Waals surface area contributed by atoms with Crippen molar-refractivity contribution in [3.63, 3.8) is 0 Å². The molecule has 2 N–H and O–H groups in total. The molecule has 0 saturated heterocycles. The Bertz CT molecular complexity index is 698. The normalized spacial score (nSPS) is 11.0. The monoisotopic (exact) mass is 237 g/mol. The predicted molar refractivity (Wildman–Crippen MR) is 73.3 cm³/mol. The Kier molecular flexibility index (Phi) is 2.61. The van der Waals surface area contributed by atoms with Gasteiger partial charge in [0.15, 0.2) is 0 Å². The van der Waals surface area contributed by atoms with Crippen LogP contribution in [0.15, 0.2) is 48.8 Å². The molecule has 0 spiro atoms. The molecule has 18 heavy (non-hydrogen) atoms. The number of aryl methyl sites for hydroxylation is 1. The lowest BCUT2D eigenvalue weighted by atomic mass is 10.0. The van der Waals surface area contributed by atoms with E-state index in [2.05, 4.69) is 40.6 Å². The van der Waals surface area contributed by atoms with E-state index in [1.807, 2.05) is 24.5 Å². The topological polar surface area (TPSA) is 43.3 Å². The van der Waals surface area contributed by atoms with Crippen molar-refractivity contribution < 1.29 is 0 Å². The summed E-state index contributed by atoms with van der Waals surface area (Å²) in [6.45, 7) is 2.64. The summed E-state index contributed by atoms with van der Waals surface area (Å²) >= 11 is 0. The average molecular weight is 237 g/mol. The van der Waals surface area contributed by atoms with Gasteiger partial charge in [-0.3, -0.25) is 4.40 Å². The largest absolute Gasteiger partial charge is 0.326 e. The van der Waals surface area contributed by atoms with E-state index in [4.69, 9.17) is 5.73 Å². The Morgan fingerprint density at radius 3 is 2.94 bits per heavy atom. The van der Waals surface area contributed by atoms with Gasteiger partial charge in [-0.15, -0.1) is 0 Å². The van der Waals surface area contributed by atoms with Gasteiger partial charge in [0, 0.05) is 24.5 Å². The van der Waals surface area contributed by atoms with Gasteiger partial charge in [0.25, 0.3) is 0 Å². The fraction of sp³-hybridized carbons (Fsp3) is 0.133. The second-order valence-corrected chi connectivity index (χ2v) is 4.43. The van der Waals surface area contributed by atoms with Gasteiger partial charge in [0.05, 0.1) is 5.69 Å². The predicted octanol–water partition coefficient (Wildman–Crippen LogP) is 2.77. The number of hydrogen-bond donors (Lipinski definition) is 1. The zero-order valence-corrected chi connectivity index (χ0v) is 10.3. The van der Waals surface area contributed by atoms with Crippen LogP contribution in [0.5, 0.6) is 0 Å². The Morgan fingerprint density at radius 1 is 1.22 bits per heavy atom. The highest BCUT2D eigenvalue weighted by molar-refractivity contribution is 5.67. The van der Waals surface area contributed by atoms with Crippen molar-refractivity contribution in [1.82, 2.24) is 9.38 Å². The Hall–Kier alpha value is -2.13. The van der Waals surface area contributed by atoms with E-state index < -0.39 is 0 Å². The second-order valence-electron chi connectivity index (χ2n) is 4.43. The summed E-state index contributed by atoms with van der Waals surface area (Å²) in [5.41, 5.74) is 11.5. The van der Waals surface area contributed by atoms with Crippen LogP contribution in [0.25, 0.3) is 16.9 Å². The summed E-state index contributed by atoms with van der Waals surface area (Å²) in [4.78, 5) is 4.31. The van der Waals surface area contributed by atoms with Crippen molar-refractivity contribution in [1.29, 1.82) is 0 Å². The third-order valence-electron chi connectivity index (χ3n) is 3.19. The number of nitrogens with zero attached hydrogens (tertiary/aromatic N) is 2. The molecule has 0 aliphatic rings. The Morgan fingerprint density at radius 2 is 2.11 bits per heavy atom. The number of benzene rings is 1. The zero-order valence-electron chi connectivity index (χ0n) is 10.3. The Labute approximate surface area is 106 Å². The maximum absolute atomic E-state index is 5.83. The fourth-order valence-corrected chi connectivity index (χ4v) is 2.27. The van der Waals surface area contributed by atoms with Gasteiger partial charge in [-0.2, -0.15) is 0 Å². The van der Waals surface area contributed by atoms with Crippen molar-refractivity contribution in [3.05, 3.63) is 59.9 Å². The van der Waals surface area contributed by atoms with Crippen molar-refractivity contribution >= 4 is 5.65 Å². The molecule has 2 aromatic heterocycles. The molecule has 0 fully saturated rings. The number of imidazole rings is 1. The van der Waals surface area contributed by atoms with E-state index in [0.717, 1.165) is 16.9 Å². The molecule has 2 heterocycles. The van der Waals surface area contributed by atoms with Gasteiger partial charge in [-0.05, 0) is 30.7 Å². The van der Waals surface area contributed by atoms with E-state index in [0.29, 0.717) is 6.54 Å². The van der Waals surface area contributed by atoms with E-state index in [-0.39, 0.29) is 0 Å². The van der Waals surface area contributed by atoms with Gasteiger partial charge >= 0.3 is 0 Å².